The first-order valence-electron chi connectivity index (χ1n) is 8.44. The van der Waals surface area contributed by atoms with Crippen LogP contribution in [0.25, 0.3) is 0 Å². The van der Waals surface area contributed by atoms with Crippen molar-refractivity contribution in [2.24, 2.45) is 7.05 Å². The Morgan fingerprint density at radius 1 is 1.18 bits per heavy atom. The van der Waals surface area contributed by atoms with E-state index in [0.717, 1.165) is 11.7 Å². The molecule has 0 atom stereocenters. The van der Waals surface area contributed by atoms with E-state index in [4.69, 9.17) is 11.6 Å². The molecule has 28 heavy (non-hydrogen) atoms. The predicted molar refractivity (Wildman–Crippen MR) is 96.4 cm³/mol. The largest absolute Gasteiger partial charge is 0.451 e. The normalized spacial score (nSPS) is 17.2. The highest BCUT2D eigenvalue weighted by atomic mass is 35.5. The van der Waals surface area contributed by atoms with Crippen molar-refractivity contribution in [2.45, 2.75) is 30.8 Å². The monoisotopic (exact) mass is 438 g/mol. The van der Waals surface area contributed by atoms with E-state index < -0.39 is 33.8 Å². The fourth-order valence-electron chi connectivity index (χ4n) is 3.19. The van der Waals surface area contributed by atoms with Gasteiger partial charge in [-0.05, 0) is 30.5 Å². The summed E-state index contributed by atoms with van der Waals surface area (Å²) in [4.78, 5) is 12.1. The summed E-state index contributed by atoms with van der Waals surface area (Å²) in [7, 11) is -2.58. The van der Waals surface area contributed by atoms with Crippen molar-refractivity contribution < 1.29 is 21.6 Å². The quantitative estimate of drug-likeness (QED) is 0.734. The molecular formula is C16H18ClF3N4O3S. The SMILES string of the molecule is Cn1c(C(F)(F)F)nn(C2CCN(S(=O)(=O)Cc3ccc(Cl)cc3)CC2)c1=O. The van der Waals surface area contributed by atoms with Gasteiger partial charge < -0.3 is 0 Å². The van der Waals surface area contributed by atoms with E-state index in [-0.39, 0.29) is 31.7 Å². The third kappa shape index (κ3) is 4.26. The smallest absolute Gasteiger partial charge is 0.274 e. The van der Waals surface area contributed by atoms with Crippen LogP contribution >= 0.6 is 11.6 Å². The summed E-state index contributed by atoms with van der Waals surface area (Å²) < 4.78 is 66.5. The van der Waals surface area contributed by atoms with Crippen molar-refractivity contribution in [3.8, 4) is 0 Å². The van der Waals surface area contributed by atoms with E-state index in [1.807, 2.05) is 0 Å². The summed E-state index contributed by atoms with van der Waals surface area (Å²) in [5.41, 5.74) is -0.280. The minimum Gasteiger partial charge on any atom is -0.274 e. The highest BCUT2D eigenvalue weighted by molar-refractivity contribution is 7.88. The summed E-state index contributed by atoms with van der Waals surface area (Å²) in [5.74, 6) is -1.47. The number of rotatable bonds is 4. The van der Waals surface area contributed by atoms with Crippen LogP contribution in [-0.4, -0.2) is 40.2 Å². The first-order valence-corrected chi connectivity index (χ1v) is 10.4. The van der Waals surface area contributed by atoms with Gasteiger partial charge in [0.2, 0.25) is 15.8 Å². The average Bonchev–Trinajstić information content (AvgIpc) is 2.92. The standard InChI is InChI=1S/C16H18ClF3N4O3S/c1-22-14(16(18,19)20)21-24(15(22)25)13-6-8-23(9-7-13)28(26,27)10-11-2-4-12(17)5-3-11/h2-5,13H,6-10H2,1H3. The Kier molecular flexibility index (Phi) is 5.61. The molecule has 1 aromatic carbocycles. The van der Waals surface area contributed by atoms with E-state index in [2.05, 4.69) is 5.10 Å². The Balaban J connectivity index is 1.71. The van der Waals surface area contributed by atoms with Gasteiger partial charge in [-0.15, -0.1) is 5.10 Å². The average molecular weight is 439 g/mol. The Bertz CT molecular complexity index is 1010. The molecule has 7 nitrogen and oxygen atoms in total. The van der Waals surface area contributed by atoms with Gasteiger partial charge in [-0.3, -0.25) is 4.57 Å². The Morgan fingerprint density at radius 2 is 1.75 bits per heavy atom. The zero-order chi connectivity index (χ0) is 20.7. The maximum Gasteiger partial charge on any atom is 0.451 e. The van der Waals surface area contributed by atoms with Gasteiger partial charge in [-0.1, -0.05) is 23.7 Å². The summed E-state index contributed by atoms with van der Waals surface area (Å²) in [6.07, 6.45) is -4.33. The maximum atomic E-state index is 12.9. The fourth-order valence-corrected chi connectivity index (χ4v) is 4.88. The van der Waals surface area contributed by atoms with Gasteiger partial charge in [0.15, 0.2) is 0 Å². The Hall–Kier alpha value is -1.85. The lowest BCUT2D eigenvalue weighted by Crippen LogP contribution is -2.41. The van der Waals surface area contributed by atoms with E-state index in [1.54, 1.807) is 24.3 Å². The number of hydrogen-bond donors (Lipinski definition) is 0. The molecule has 0 spiro atoms. The molecule has 0 saturated carbocycles. The summed E-state index contributed by atoms with van der Waals surface area (Å²) >= 11 is 5.79. The highest BCUT2D eigenvalue weighted by Crippen LogP contribution is 2.29. The van der Waals surface area contributed by atoms with Crippen molar-refractivity contribution in [2.75, 3.05) is 13.1 Å². The second-order valence-corrected chi connectivity index (χ2v) is 9.03. The molecule has 154 valence electrons. The van der Waals surface area contributed by atoms with Crippen LogP contribution in [0.4, 0.5) is 13.2 Å². The first-order chi connectivity index (χ1) is 13.0. The Labute approximate surface area is 164 Å². The molecule has 1 aromatic heterocycles. The van der Waals surface area contributed by atoms with E-state index >= 15 is 0 Å². The van der Waals surface area contributed by atoms with Crippen molar-refractivity contribution in [3.63, 3.8) is 0 Å². The van der Waals surface area contributed by atoms with Crippen LogP contribution in [0.5, 0.6) is 0 Å². The van der Waals surface area contributed by atoms with Gasteiger partial charge in [0, 0.05) is 25.2 Å². The molecule has 2 aromatic rings. The van der Waals surface area contributed by atoms with Crippen LogP contribution in [0.1, 0.15) is 30.3 Å². The van der Waals surface area contributed by atoms with Gasteiger partial charge >= 0.3 is 11.9 Å². The molecule has 0 unspecified atom stereocenters. The number of nitrogens with zero attached hydrogens (tertiary/aromatic N) is 4. The first kappa shape index (κ1) is 20.9. The number of aromatic nitrogens is 3. The predicted octanol–water partition coefficient (Wildman–Crippen LogP) is 2.42. The molecule has 0 bridgehead atoms. The molecule has 0 N–H and O–H groups in total. The fraction of sp³-hybridized carbons (Fsp3) is 0.500. The summed E-state index contributed by atoms with van der Waals surface area (Å²) in [5, 5.41) is 3.93. The van der Waals surface area contributed by atoms with Crippen LogP contribution in [0.3, 0.4) is 0 Å². The van der Waals surface area contributed by atoms with Crippen LogP contribution in [0, 0.1) is 0 Å². The number of halogens is 4. The molecule has 1 fully saturated rings. The molecule has 3 rings (SSSR count). The van der Waals surface area contributed by atoms with Crippen LogP contribution in [0.2, 0.25) is 5.02 Å². The van der Waals surface area contributed by atoms with Crippen molar-refractivity contribution in [1.29, 1.82) is 0 Å². The molecule has 0 amide bonds. The molecule has 0 radical (unpaired) electrons. The van der Waals surface area contributed by atoms with Crippen LogP contribution < -0.4 is 5.69 Å². The number of alkyl halides is 3. The third-order valence-corrected chi connectivity index (χ3v) is 6.78. The van der Waals surface area contributed by atoms with Gasteiger partial charge in [0.25, 0.3) is 0 Å². The molecule has 0 aliphatic carbocycles. The summed E-state index contributed by atoms with van der Waals surface area (Å²) in [6.45, 7) is 0.204. The van der Waals surface area contributed by atoms with E-state index in [0.29, 0.717) is 15.2 Å². The minimum absolute atomic E-state index is 0.102. The highest BCUT2D eigenvalue weighted by Gasteiger charge is 2.39. The van der Waals surface area contributed by atoms with Crippen LogP contribution in [-0.2, 0) is 29.0 Å². The molecule has 12 heteroatoms. The molecule has 1 aliphatic heterocycles. The van der Waals surface area contributed by atoms with Gasteiger partial charge in [0.1, 0.15) is 0 Å². The second kappa shape index (κ2) is 7.53. The van der Waals surface area contributed by atoms with Gasteiger partial charge in [0.05, 0.1) is 11.8 Å². The van der Waals surface area contributed by atoms with Crippen molar-refractivity contribution >= 4 is 21.6 Å². The maximum absolute atomic E-state index is 12.9. The van der Waals surface area contributed by atoms with E-state index in [9.17, 15) is 26.4 Å². The van der Waals surface area contributed by atoms with Gasteiger partial charge in [-0.25, -0.2) is 22.2 Å². The lowest BCUT2D eigenvalue weighted by Gasteiger charge is -2.30. The van der Waals surface area contributed by atoms with Gasteiger partial charge in [-0.2, -0.15) is 13.2 Å². The molecule has 1 aliphatic rings. The lowest BCUT2D eigenvalue weighted by atomic mass is 10.1. The van der Waals surface area contributed by atoms with E-state index in [1.165, 1.54) is 4.31 Å². The lowest BCUT2D eigenvalue weighted by molar-refractivity contribution is -0.147. The zero-order valence-corrected chi connectivity index (χ0v) is 16.4. The van der Waals surface area contributed by atoms with Crippen molar-refractivity contribution in [1.82, 2.24) is 18.7 Å². The number of benzene rings is 1. The molecule has 1 saturated heterocycles. The second-order valence-electron chi connectivity index (χ2n) is 6.62. The Morgan fingerprint density at radius 3 is 2.25 bits per heavy atom. The number of hydrogen-bond acceptors (Lipinski definition) is 4. The minimum atomic E-state index is -4.73. The third-order valence-electron chi connectivity index (χ3n) is 4.68. The zero-order valence-electron chi connectivity index (χ0n) is 14.9. The summed E-state index contributed by atoms with van der Waals surface area (Å²) in [6, 6.07) is 5.86. The molecular weight excluding hydrogens is 421 g/mol. The number of sulfonamides is 1. The van der Waals surface area contributed by atoms with Crippen LogP contribution in [0.15, 0.2) is 29.1 Å². The topological polar surface area (TPSA) is 77.2 Å². The van der Waals surface area contributed by atoms with Crippen molar-refractivity contribution in [3.05, 3.63) is 51.2 Å². The number of piperidine rings is 1. The molecule has 2 heterocycles.